The molecule has 0 N–H and O–H groups in total. The third kappa shape index (κ3) is 5.87. The molecular weight excluding hydrogens is 521 g/mol. The van der Waals surface area contributed by atoms with Gasteiger partial charge in [-0.2, -0.15) is 0 Å². The molecule has 1 aliphatic rings. The van der Waals surface area contributed by atoms with Crippen LogP contribution in [0.15, 0.2) is 30.3 Å². The first-order valence-electron chi connectivity index (χ1n) is 10.6. The number of rotatable bonds is 8. The van der Waals surface area contributed by atoms with E-state index in [1.807, 2.05) is 12.1 Å². The van der Waals surface area contributed by atoms with Gasteiger partial charge >= 0.3 is 0 Å². The van der Waals surface area contributed by atoms with Gasteiger partial charge in [0.15, 0.2) is 5.13 Å². The number of benzene rings is 2. The minimum absolute atomic E-state index is 0. The number of halogens is 3. The normalized spacial score (nSPS) is 14.0. The molecule has 11 heteroatoms. The molecular formula is C23H26Cl3N3O4S. The number of hydrogen-bond donors (Lipinski definition) is 0. The number of aromatic nitrogens is 1. The molecule has 2 aromatic carbocycles. The van der Waals surface area contributed by atoms with Gasteiger partial charge in [0.2, 0.25) is 0 Å². The topological polar surface area (TPSA) is 64.1 Å². The molecule has 3 aromatic rings. The summed E-state index contributed by atoms with van der Waals surface area (Å²) in [6.45, 7) is 4.58. The number of amides is 1. The minimum atomic E-state index is -0.249. The molecule has 0 unspecified atom stereocenters. The van der Waals surface area contributed by atoms with Crippen LogP contribution >= 0.6 is 46.9 Å². The summed E-state index contributed by atoms with van der Waals surface area (Å²) in [6, 6.07) is 8.53. The fraction of sp³-hybridized carbons (Fsp3) is 0.391. The van der Waals surface area contributed by atoms with E-state index in [1.165, 1.54) is 11.3 Å². The zero-order valence-corrected chi connectivity index (χ0v) is 22.0. The Kier molecular flexibility index (Phi) is 9.65. The third-order valence-electron chi connectivity index (χ3n) is 5.49. The van der Waals surface area contributed by atoms with Crippen LogP contribution in [0.5, 0.6) is 11.5 Å². The van der Waals surface area contributed by atoms with Crippen molar-refractivity contribution in [2.24, 2.45) is 0 Å². The maximum absolute atomic E-state index is 13.6. The highest BCUT2D eigenvalue weighted by Crippen LogP contribution is 2.40. The number of carbonyl (C=O) groups excluding carboxylic acids is 1. The summed E-state index contributed by atoms with van der Waals surface area (Å²) < 4.78 is 17.2. The second-order valence-electron chi connectivity index (χ2n) is 7.53. The van der Waals surface area contributed by atoms with Crippen LogP contribution in [0.4, 0.5) is 5.13 Å². The van der Waals surface area contributed by atoms with Crippen LogP contribution in [0.1, 0.15) is 16.8 Å². The Bertz CT molecular complexity index is 1100. The molecule has 0 aliphatic carbocycles. The summed E-state index contributed by atoms with van der Waals surface area (Å²) in [5, 5.41) is 1.35. The van der Waals surface area contributed by atoms with E-state index in [-0.39, 0.29) is 18.3 Å². The van der Waals surface area contributed by atoms with Crippen LogP contribution in [0, 0.1) is 0 Å². The molecule has 7 nitrogen and oxygen atoms in total. The predicted molar refractivity (Wildman–Crippen MR) is 140 cm³/mol. The summed E-state index contributed by atoms with van der Waals surface area (Å²) in [7, 11) is 3.20. The number of carbonyl (C=O) groups is 1. The van der Waals surface area contributed by atoms with Crippen LogP contribution in [0.3, 0.4) is 0 Å². The second kappa shape index (κ2) is 12.2. The van der Waals surface area contributed by atoms with E-state index in [1.54, 1.807) is 37.3 Å². The van der Waals surface area contributed by atoms with Crippen molar-refractivity contribution in [1.29, 1.82) is 0 Å². The molecule has 1 fully saturated rings. The summed E-state index contributed by atoms with van der Waals surface area (Å²) in [5.41, 5.74) is 0.994. The largest absolute Gasteiger partial charge is 0.495 e. The van der Waals surface area contributed by atoms with Crippen molar-refractivity contribution in [2.45, 2.75) is 6.42 Å². The first-order valence-corrected chi connectivity index (χ1v) is 12.2. The van der Waals surface area contributed by atoms with Gasteiger partial charge in [0, 0.05) is 31.2 Å². The molecule has 4 rings (SSSR count). The molecule has 1 amide bonds. The standard InChI is InChI=1S/C23H25Cl2N3O4S.ClH/c1-30-18-6-7-19(31-2)21-20(18)26-23(33-21)28(9-3-8-27-10-12-32-13-11-27)22(29)16-14-15(24)4-5-17(16)25;/h4-7,14H,3,8-13H2,1-2H3;1H. The van der Waals surface area contributed by atoms with Crippen molar-refractivity contribution in [1.82, 2.24) is 9.88 Å². The number of ether oxygens (including phenoxy) is 3. The highest BCUT2D eigenvalue weighted by Gasteiger charge is 2.25. The summed E-state index contributed by atoms with van der Waals surface area (Å²) >= 11 is 13.9. The first kappa shape index (κ1) is 26.8. The van der Waals surface area contributed by atoms with E-state index >= 15 is 0 Å². The van der Waals surface area contributed by atoms with Gasteiger partial charge in [0.25, 0.3) is 5.91 Å². The maximum Gasteiger partial charge on any atom is 0.261 e. The van der Waals surface area contributed by atoms with Gasteiger partial charge in [-0.15, -0.1) is 12.4 Å². The number of thiazole rings is 1. The van der Waals surface area contributed by atoms with E-state index in [0.29, 0.717) is 44.3 Å². The van der Waals surface area contributed by atoms with Gasteiger partial charge < -0.3 is 14.2 Å². The Labute approximate surface area is 218 Å². The Morgan fingerprint density at radius 2 is 1.85 bits per heavy atom. The summed E-state index contributed by atoms with van der Waals surface area (Å²) in [6.07, 6.45) is 0.772. The minimum Gasteiger partial charge on any atom is -0.495 e. The average molecular weight is 547 g/mol. The van der Waals surface area contributed by atoms with Crippen molar-refractivity contribution < 1.29 is 19.0 Å². The summed E-state index contributed by atoms with van der Waals surface area (Å²) in [4.78, 5) is 22.4. The molecule has 1 aromatic heterocycles. The van der Waals surface area contributed by atoms with Crippen molar-refractivity contribution in [3.8, 4) is 11.5 Å². The third-order valence-corrected chi connectivity index (χ3v) is 7.15. The highest BCUT2D eigenvalue weighted by atomic mass is 35.5. The van der Waals surface area contributed by atoms with Crippen LogP contribution in [-0.4, -0.2) is 69.4 Å². The average Bonchev–Trinajstić information content (AvgIpc) is 3.28. The Morgan fingerprint density at radius 1 is 1.15 bits per heavy atom. The molecule has 1 saturated heterocycles. The maximum atomic E-state index is 13.6. The van der Waals surface area contributed by atoms with Crippen molar-refractivity contribution >= 4 is 68.2 Å². The fourth-order valence-corrected chi connectivity index (χ4v) is 5.23. The molecule has 1 aliphatic heterocycles. The summed E-state index contributed by atoms with van der Waals surface area (Å²) in [5.74, 6) is 1.05. The Morgan fingerprint density at radius 3 is 2.56 bits per heavy atom. The van der Waals surface area contributed by atoms with Gasteiger partial charge in [-0.05, 0) is 36.8 Å². The molecule has 34 heavy (non-hydrogen) atoms. The smallest absolute Gasteiger partial charge is 0.261 e. The van der Waals surface area contributed by atoms with E-state index in [9.17, 15) is 4.79 Å². The van der Waals surface area contributed by atoms with Gasteiger partial charge in [-0.3, -0.25) is 14.6 Å². The van der Waals surface area contributed by atoms with Crippen LogP contribution in [0.25, 0.3) is 10.2 Å². The molecule has 0 radical (unpaired) electrons. The fourth-order valence-electron chi connectivity index (χ4n) is 3.76. The molecule has 184 valence electrons. The lowest BCUT2D eigenvalue weighted by atomic mass is 10.2. The molecule has 0 atom stereocenters. The predicted octanol–water partition coefficient (Wildman–Crippen LogP) is 5.41. The molecule has 2 heterocycles. The quantitative estimate of drug-likeness (QED) is 0.376. The number of fused-ring (bicyclic) bond motifs is 1. The van der Waals surface area contributed by atoms with E-state index in [2.05, 4.69) is 4.90 Å². The number of methoxy groups -OCH3 is 2. The van der Waals surface area contributed by atoms with Crippen molar-refractivity contribution in [3.05, 3.63) is 45.9 Å². The Hall–Kier alpha value is -1.81. The van der Waals surface area contributed by atoms with Crippen LogP contribution in [-0.2, 0) is 4.74 Å². The highest BCUT2D eigenvalue weighted by molar-refractivity contribution is 7.22. The Balaban J connectivity index is 0.00000324. The molecule has 0 spiro atoms. The van der Waals surface area contributed by atoms with E-state index in [0.717, 1.165) is 44.0 Å². The van der Waals surface area contributed by atoms with Crippen molar-refractivity contribution in [3.63, 3.8) is 0 Å². The second-order valence-corrected chi connectivity index (χ2v) is 9.35. The van der Waals surface area contributed by atoms with E-state index in [4.69, 9.17) is 42.4 Å². The number of anilines is 1. The monoisotopic (exact) mass is 545 g/mol. The SMILES string of the molecule is COc1ccc(OC)c2sc(N(CCCN3CCOCC3)C(=O)c3cc(Cl)ccc3Cl)nc12.Cl. The first-order chi connectivity index (χ1) is 16.0. The lowest BCUT2D eigenvalue weighted by Gasteiger charge is -2.27. The van der Waals surface area contributed by atoms with Crippen LogP contribution < -0.4 is 14.4 Å². The lowest BCUT2D eigenvalue weighted by Crippen LogP contribution is -2.39. The van der Waals surface area contributed by atoms with Gasteiger partial charge in [0.05, 0.1) is 38.0 Å². The van der Waals surface area contributed by atoms with Crippen LogP contribution in [0.2, 0.25) is 10.0 Å². The van der Waals surface area contributed by atoms with Gasteiger partial charge in [-0.25, -0.2) is 4.98 Å². The zero-order valence-electron chi connectivity index (χ0n) is 18.9. The molecule has 0 saturated carbocycles. The molecule has 0 bridgehead atoms. The number of morpholine rings is 1. The van der Waals surface area contributed by atoms with Crippen molar-refractivity contribution in [2.75, 3.05) is 58.5 Å². The zero-order chi connectivity index (χ0) is 23.4. The lowest BCUT2D eigenvalue weighted by molar-refractivity contribution is 0.0376. The van der Waals surface area contributed by atoms with Gasteiger partial charge in [-0.1, -0.05) is 34.5 Å². The number of nitrogens with zero attached hydrogens (tertiary/aromatic N) is 3. The van der Waals surface area contributed by atoms with E-state index < -0.39 is 0 Å². The number of hydrogen-bond acceptors (Lipinski definition) is 7. The van der Waals surface area contributed by atoms with Gasteiger partial charge in [0.1, 0.15) is 21.7 Å².